The Labute approximate surface area is 134 Å². The van der Waals surface area contributed by atoms with E-state index in [4.69, 9.17) is 5.73 Å². The number of H-pyrrole nitrogens is 1. The molecule has 4 N–H and O–H groups in total. The number of hydrogen-bond donors (Lipinski definition) is 3. The molecule has 0 radical (unpaired) electrons. The standard InChI is InChI=1S/C15H15F3N4O2/c1-7-8(2)21-22-14(24)12(7)13(23)20-11-4-9(6-19)3-10(5-11)15(16,17)18/h3-5H,6,19H2,1-2H3,(H,20,23)(H,22,24). The Morgan fingerprint density at radius 3 is 2.54 bits per heavy atom. The van der Waals surface area contributed by atoms with E-state index in [0.29, 0.717) is 11.3 Å². The van der Waals surface area contributed by atoms with Gasteiger partial charge in [-0.15, -0.1) is 0 Å². The number of nitrogens with zero attached hydrogens (tertiary/aromatic N) is 1. The van der Waals surface area contributed by atoms with Crippen molar-refractivity contribution in [1.29, 1.82) is 0 Å². The summed E-state index contributed by atoms with van der Waals surface area (Å²) < 4.78 is 38.7. The van der Waals surface area contributed by atoms with Crippen LogP contribution in [0.25, 0.3) is 0 Å². The van der Waals surface area contributed by atoms with Gasteiger partial charge in [-0.25, -0.2) is 5.10 Å². The summed E-state index contributed by atoms with van der Waals surface area (Å²) in [6, 6.07) is 3.02. The third kappa shape index (κ3) is 3.62. The number of amides is 1. The molecular weight excluding hydrogens is 325 g/mol. The van der Waals surface area contributed by atoms with Gasteiger partial charge in [0, 0.05) is 12.2 Å². The number of aryl methyl sites for hydroxylation is 1. The Bertz CT molecular complexity index is 844. The first kappa shape index (κ1) is 17.7. The molecule has 1 amide bonds. The molecule has 0 saturated heterocycles. The molecule has 1 aromatic carbocycles. The molecule has 0 unspecified atom stereocenters. The van der Waals surface area contributed by atoms with Crippen LogP contribution in [0.2, 0.25) is 0 Å². The third-order valence-corrected chi connectivity index (χ3v) is 3.51. The Balaban J connectivity index is 2.43. The third-order valence-electron chi connectivity index (χ3n) is 3.51. The Morgan fingerprint density at radius 2 is 1.96 bits per heavy atom. The Kier molecular flexibility index (Phi) is 4.74. The van der Waals surface area contributed by atoms with E-state index in [2.05, 4.69) is 15.5 Å². The quantitative estimate of drug-likeness (QED) is 0.796. The van der Waals surface area contributed by atoms with E-state index < -0.39 is 23.2 Å². The zero-order valence-corrected chi connectivity index (χ0v) is 12.9. The van der Waals surface area contributed by atoms with Crippen LogP contribution in [0.1, 0.15) is 32.7 Å². The largest absolute Gasteiger partial charge is 0.416 e. The average molecular weight is 340 g/mol. The van der Waals surface area contributed by atoms with E-state index in [1.807, 2.05) is 0 Å². The molecule has 9 heteroatoms. The summed E-state index contributed by atoms with van der Waals surface area (Å²) in [4.78, 5) is 24.1. The highest BCUT2D eigenvalue weighted by Crippen LogP contribution is 2.32. The molecule has 0 bridgehead atoms. The van der Waals surface area contributed by atoms with Crippen LogP contribution in [0.4, 0.5) is 18.9 Å². The molecule has 2 aromatic rings. The van der Waals surface area contributed by atoms with Crippen LogP contribution in [-0.4, -0.2) is 16.1 Å². The summed E-state index contributed by atoms with van der Waals surface area (Å²) in [6.07, 6.45) is -4.58. The summed E-state index contributed by atoms with van der Waals surface area (Å²) in [5, 5.41) is 8.20. The maximum absolute atomic E-state index is 12.9. The van der Waals surface area contributed by atoms with Crippen LogP contribution in [0.5, 0.6) is 0 Å². The molecule has 0 atom stereocenters. The summed E-state index contributed by atoms with van der Waals surface area (Å²) in [6.45, 7) is 3.00. The van der Waals surface area contributed by atoms with E-state index in [0.717, 1.165) is 12.1 Å². The van der Waals surface area contributed by atoms with Gasteiger partial charge in [-0.05, 0) is 43.2 Å². The van der Waals surface area contributed by atoms with Gasteiger partial charge in [0.1, 0.15) is 5.56 Å². The molecule has 1 heterocycles. The van der Waals surface area contributed by atoms with Crippen molar-refractivity contribution in [1.82, 2.24) is 10.2 Å². The highest BCUT2D eigenvalue weighted by molar-refractivity contribution is 6.05. The number of nitrogens with one attached hydrogen (secondary N) is 2. The van der Waals surface area contributed by atoms with E-state index in [-0.39, 0.29) is 23.4 Å². The van der Waals surface area contributed by atoms with Crippen molar-refractivity contribution in [2.24, 2.45) is 5.73 Å². The first-order chi connectivity index (χ1) is 11.1. The minimum absolute atomic E-state index is 0.0939. The van der Waals surface area contributed by atoms with Gasteiger partial charge in [-0.1, -0.05) is 0 Å². The lowest BCUT2D eigenvalue weighted by Crippen LogP contribution is -2.26. The normalized spacial score (nSPS) is 11.4. The number of aromatic nitrogens is 2. The van der Waals surface area contributed by atoms with E-state index in [1.54, 1.807) is 6.92 Å². The number of aromatic amines is 1. The SMILES string of the molecule is Cc1n[nH]c(=O)c(C(=O)Nc2cc(CN)cc(C(F)(F)F)c2)c1C. The van der Waals surface area contributed by atoms with Crippen LogP contribution >= 0.6 is 0 Å². The summed E-state index contributed by atoms with van der Waals surface area (Å²) in [5.41, 5.74) is 4.44. The van der Waals surface area contributed by atoms with Crippen molar-refractivity contribution in [3.63, 3.8) is 0 Å². The van der Waals surface area contributed by atoms with Crippen LogP contribution < -0.4 is 16.6 Å². The van der Waals surface area contributed by atoms with Crippen LogP contribution in [0.3, 0.4) is 0 Å². The topological polar surface area (TPSA) is 101 Å². The molecule has 0 fully saturated rings. The van der Waals surface area contributed by atoms with Crippen molar-refractivity contribution in [3.8, 4) is 0 Å². The number of rotatable bonds is 3. The second kappa shape index (κ2) is 6.44. The van der Waals surface area contributed by atoms with Crippen LogP contribution in [-0.2, 0) is 12.7 Å². The van der Waals surface area contributed by atoms with Crippen molar-refractivity contribution in [3.05, 3.63) is 56.5 Å². The Morgan fingerprint density at radius 1 is 1.29 bits per heavy atom. The maximum Gasteiger partial charge on any atom is 0.416 e. The zero-order valence-electron chi connectivity index (χ0n) is 12.9. The van der Waals surface area contributed by atoms with Crippen molar-refractivity contribution >= 4 is 11.6 Å². The lowest BCUT2D eigenvalue weighted by molar-refractivity contribution is -0.137. The van der Waals surface area contributed by atoms with Gasteiger partial charge in [0.05, 0.1) is 11.3 Å². The van der Waals surface area contributed by atoms with Gasteiger partial charge >= 0.3 is 6.18 Å². The lowest BCUT2D eigenvalue weighted by Gasteiger charge is -2.13. The monoisotopic (exact) mass is 340 g/mol. The first-order valence-corrected chi connectivity index (χ1v) is 6.92. The fourth-order valence-electron chi connectivity index (χ4n) is 2.14. The molecular formula is C15H15F3N4O2. The zero-order chi connectivity index (χ0) is 18.1. The highest BCUT2D eigenvalue weighted by Gasteiger charge is 2.31. The molecule has 1 aromatic heterocycles. The molecule has 0 aliphatic rings. The van der Waals surface area contributed by atoms with Crippen LogP contribution in [0.15, 0.2) is 23.0 Å². The van der Waals surface area contributed by atoms with Gasteiger partial charge in [0.15, 0.2) is 0 Å². The summed E-state index contributed by atoms with van der Waals surface area (Å²) in [7, 11) is 0. The molecule has 0 spiro atoms. The molecule has 6 nitrogen and oxygen atoms in total. The van der Waals surface area contributed by atoms with Crippen LogP contribution in [0, 0.1) is 13.8 Å². The van der Waals surface area contributed by atoms with Crippen molar-refractivity contribution in [2.75, 3.05) is 5.32 Å². The number of halogens is 3. The number of anilines is 1. The fraction of sp³-hybridized carbons (Fsp3) is 0.267. The molecule has 2 rings (SSSR count). The molecule has 128 valence electrons. The Hall–Kier alpha value is -2.68. The molecule has 0 aliphatic carbocycles. The fourth-order valence-corrected chi connectivity index (χ4v) is 2.14. The smallest absolute Gasteiger partial charge is 0.326 e. The number of carbonyl (C=O) groups excluding carboxylic acids is 1. The maximum atomic E-state index is 12.9. The van der Waals surface area contributed by atoms with Gasteiger partial charge in [0.2, 0.25) is 0 Å². The van der Waals surface area contributed by atoms with Crippen molar-refractivity contribution in [2.45, 2.75) is 26.6 Å². The van der Waals surface area contributed by atoms with Gasteiger partial charge in [-0.2, -0.15) is 18.3 Å². The second-order valence-corrected chi connectivity index (χ2v) is 5.21. The summed E-state index contributed by atoms with van der Waals surface area (Å²) >= 11 is 0. The van der Waals surface area contributed by atoms with Gasteiger partial charge in [-0.3, -0.25) is 9.59 Å². The highest BCUT2D eigenvalue weighted by atomic mass is 19.4. The van der Waals surface area contributed by atoms with Gasteiger partial charge < -0.3 is 11.1 Å². The van der Waals surface area contributed by atoms with E-state index >= 15 is 0 Å². The lowest BCUT2D eigenvalue weighted by atomic mass is 10.1. The molecule has 0 saturated carbocycles. The predicted molar refractivity (Wildman–Crippen MR) is 81.6 cm³/mol. The molecule has 24 heavy (non-hydrogen) atoms. The number of alkyl halides is 3. The summed E-state index contributed by atoms with van der Waals surface area (Å²) in [5.74, 6) is -0.818. The predicted octanol–water partition coefficient (Wildman–Crippen LogP) is 2.12. The van der Waals surface area contributed by atoms with Gasteiger partial charge in [0.25, 0.3) is 11.5 Å². The minimum atomic E-state index is -4.58. The number of benzene rings is 1. The number of nitrogens with two attached hydrogens (primary N) is 1. The van der Waals surface area contributed by atoms with E-state index in [9.17, 15) is 22.8 Å². The second-order valence-electron chi connectivity index (χ2n) is 5.21. The molecule has 0 aliphatic heterocycles. The van der Waals surface area contributed by atoms with E-state index in [1.165, 1.54) is 13.0 Å². The number of carbonyl (C=O) groups is 1. The first-order valence-electron chi connectivity index (χ1n) is 6.92. The average Bonchev–Trinajstić information content (AvgIpc) is 2.50. The number of hydrogen-bond acceptors (Lipinski definition) is 4. The van der Waals surface area contributed by atoms with Crippen molar-refractivity contribution < 1.29 is 18.0 Å². The minimum Gasteiger partial charge on any atom is -0.326 e.